The lowest BCUT2D eigenvalue weighted by molar-refractivity contribution is 0.102. The molecule has 1 aliphatic rings. The van der Waals surface area contributed by atoms with Crippen LogP contribution >= 0.6 is 0 Å². The predicted molar refractivity (Wildman–Crippen MR) is 134 cm³/mol. The third-order valence-corrected chi connectivity index (χ3v) is 6.06. The topological polar surface area (TPSA) is 97.2 Å². The van der Waals surface area contributed by atoms with Crippen molar-refractivity contribution in [1.82, 2.24) is 25.1 Å². The van der Waals surface area contributed by atoms with E-state index in [1.165, 1.54) is 10.7 Å². The molecule has 182 valence electrons. The number of ether oxygens (including phenoxy) is 1. The minimum absolute atomic E-state index is 0.205. The van der Waals surface area contributed by atoms with Crippen LogP contribution in [0, 0.1) is 5.82 Å². The van der Waals surface area contributed by atoms with Crippen molar-refractivity contribution in [3.05, 3.63) is 48.0 Å². The number of hydrogen-bond donors (Lipinski definition) is 2. The molecule has 1 amide bonds. The van der Waals surface area contributed by atoms with Crippen molar-refractivity contribution in [3.8, 4) is 6.01 Å². The maximum Gasteiger partial charge on any atom is 0.316 e. The van der Waals surface area contributed by atoms with Gasteiger partial charge >= 0.3 is 6.01 Å². The maximum absolute atomic E-state index is 14.6. The highest BCUT2D eigenvalue weighted by Crippen LogP contribution is 2.31. The number of carbonyl (C=O) groups excluding carboxylic acids is 1. The third-order valence-electron chi connectivity index (χ3n) is 6.06. The highest BCUT2D eigenvalue weighted by atomic mass is 19.1. The Labute approximate surface area is 202 Å². The van der Waals surface area contributed by atoms with Crippen molar-refractivity contribution < 1.29 is 13.9 Å². The fourth-order valence-electron chi connectivity index (χ4n) is 4.75. The van der Waals surface area contributed by atoms with Gasteiger partial charge in [0.2, 0.25) is 0 Å². The van der Waals surface area contributed by atoms with Crippen LogP contribution in [0.25, 0.3) is 21.8 Å². The first kappa shape index (κ1) is 23.0. The first-order chi connectivity index (χ1) is 16.8. The quantitative estimate of drug-likeness (QED) is 0.454. The minimum Gasteiger partial charge on any atom is -0.464 e. The van der Waals surface area contributed by atoms with Crippen molar-refractivity contribution in [2.45, 2.75) is 32.9 Å². The zero-order valence-electron chi connectivity index (χ0n) is 20.2. The molecular weight excluding hydrogens is 449 g/mol. The average molecular weight is 478 g/mol. The first-order valence-electron chi connectivity index (χ1n) is 11.7. The summed E-state index contributed by atoms with van der Waals surface area (Å²) in [6.07, 6.45) is 3.41. The molecular formula is C25H28FN7O2. The fourth-order valence-corrected chi connectivity index (χ4v) is 4.75. The van der Waals surface area contributed by atoms with Gasteiger partial charge in [-0.3, -0.25) is 9.48 Å². The van der Waals surface area contributed by atoms with Gasteiger partial charge in [-0.05, 0) is 45.0 Å². The summed E-state index contributed by atoms with van der Waals surface area (Å²) in [6.45, 7) is 8.20. The number of carbonyl (C=O) groups is 1. The van der Waals surface area contributed by atoms with Crippen LogP contribution in [0.3, 0.4) is 0 Å². The number of rotatable bonds is 5. The summed E-state index contributed by atoms with van der Waals surface area (Å²) in [5, 5.41) is 11.8. The molecule has 0 bridgehead atoms. The number of hydrogen-bond acceptors (Lipinski definition) is 7. The number of anilines is 2. The molecule has 10 heteroatoms. The minimum atomic E-state index is -0.499. The second kappa shape index (κ2) is 9.10. The maximum atomic E-state index is 14.6. The van der Waals surface area contributed by atoms with Gasteiger partial charge < -0.3 is 20.3 Å². The van der Waals surface area contributed by atoms with Gasteiger partial charge in [0.05, 0.1) is 17.7 Å². The van der Waals surface area contributed by atoms with Crippen LogP contribution in [0.1, 0.15) is 31.1 Å². The second-order valence-electron chi connectivity index (χ2n) is 9.01. The van der Waals surface area contributed by atoms with Crippen LogP contribution in [0.4, 0.5) is 15.8 Å². The molecule has 2 N–H and O–H groups in total. The van der Waals surface area contributed by atoms with Crippen LogP contribution < -0.4 is 20.3 Å². The molecule has 35 heavy (non-hydrogen) atoms. The Morgan fingerprint density at radius 1 is 1.23 bits per heavy atom. The van der Waals surface area contributed by atoms with Crippen molar-refractivity contribution in [2.75, 3.05) is 29.9 Å². The van der Waals surface area contributed by atoms with E-state index in [1.54, 1.807) is 31.6 Å². The summed E-state index contributed by atoms with van der Waals surface area (Å²) in [5.41, 5.74) is 2.40. The molecule has 0 saturated carbocycles. The standard InChI is InChI=1S/C25H28FN7O2/c1-5-35-25-27-10-19-21(33-11-14(2)28-15(3)12-33)7-6-18(23(19)30-25)24(34)29-17-8-16-13-32(4)31-22(16)20(26)9-17/h6-10,13-15,28H,5,11-12H2,1-4H3,(H,29,34)/t14-,15-/m1/s1. The SMILES string of the molecule is CCOc1ncc2c(N3C[C@@H](C)N[C@H](C)C3)ccc(C(=O)Nc3cc(F)c4nn(C)cc4c3)c2n1. The number of aromatic nitrogens is 4. The van der Waals surface area contributed by atoms with Gasteiger partial charge in [-0.25, -0.2) is 9.37 Å². The Kier molecular flexibility index (Phi) is 5.98. The fraction of sp³-hybridized carbons (Fsp3) is 0.360. The van der Waals surface area contributed by atoms with Gasteiger partial charge in [-0.2, -0.15) is 10.1 Å². The van der Waals surface area contributed by atoms with E-state index >= 15 is 0 Å². The van der Waals surface area contributed by atoms with Gasteiger partial charge in [0, 0.05) is 66.8 Å². The zero-order chi connectivity index (χ0) is 24.7. The van der Waals surface area contributed by atoms with Crippen LogP contribution in [0.5, 0.6) is 6.01 Å². The third kappa shape index (κ3) is 4.49. The molecule has 1 saturated heterocycles. The largest absolute Gasteiger partial charge is 0.464 e. The average Bonchev–Trinajstić information content (AvgIpc) is 3.18. The lowest BCUT2D eigenvalue weighted by Crippen LogP contribution is -2.54. The van der Waals surface area contributed by atoms with E-state index in [9.17, 15) is 9.18 Å². The van der Waals surface area contributed by atoms with E-state index < -0.39 is 11.7 Å². The summed E-state index contributed by atoms with van der Waals surface area (Å²) < 4.78 is 21.6. The number of halogens is 1. The van der Waals surface area contributed by atoms with Gasteiger partial charge in [0.25, 0.3) is 5.91 Å². The van der Waals surface area contributed by atoms with Crippen molar-refractivity contribution >= 4 is 39.1 Å². The van der Waals surface area contributed by atoms with E-state index in [4.69, 9.17) is 4.74 Å². The molecule has 5 rings (SSSR count). The molecule has 0 unspecified atom stereocenters. The van der Waals surface area contributed by atoms with E-state index in [0.717, 1.165) is 24.2 Å². The zero-order valence-corrected chi connectivity index (χ0v) is 20.2. The molecule has 0 radical (unpaired) electrons. The van der Waals surface area contributed by atoms with Gasteiger partial charge in [-0.1, -0.05) is 0 Å². The normalized spacial score (nSPS) is 18.3. The van der Waals surface area contributed by atoms with Crippen molar-refractivity contribution in [2.24, 2.45) is 7.05 Å². The summed E-state index contributed by atoms with van der Waals surface area (Å²) >= 11 is 0. The molecule has 3 heterocycles. The van der Waals surface area contributed by atoms with Gasteiger partial charge in [-0.15, -0.1) is 0 Å². The monoisotopic (exact) mass is 477 g/mol. The molecule has 0 spiro atoms. The Hall–Kier alpha value is -3.79. The summed E-state index contributed by atoms with van der Waals surface area (Å²) in [7, 11) is 1.72. The predicted octanol–water partition coefficient (Wildman–Crippen LogP) is 3.49. The molecule has 1 aliphatic heterocycles. The summed E-state index contributed by atoms with van der Waals surface area (Å²) in [4.78, 5) is 24.6. The molecule has 0 aliphatic carbocycles. The lowest BCUT2D eigenvalue weighted by Gasteiger charge is -2.38. The van der Waals surface area contributed by atoms with Crippen molar-refractivity contribution in [1.29, 1.82) is 0 Å². The Morgan fingerprint density at radius 2 is 2.00 bits per heavy atom. The number of nitrogens with one attached hydrogen (secondary N) is 2. The van der Waals surface area contributed by atoms with Crippen LogP contribution in [0.15, 0.2) is 36.7 Å². The summed E-state index contributed by atoms with van der Waals surface area (Å²) in [6, 6.07) is 7.49. The van der Waals surface area contributed by atoms with Crippen LogP contribution in [0.2, 0.25) is 0 Å². The molecule has 9 nitrogen and oxygen atoms in total. The van der Waals surface area contributed by atoms with Crippen LogP contribution in [-0.4, -0.2) is 57.4 Å². The van der Waals surface area contributed by atoms with Crippen molar-refractivity contribution in [3.63, 3.8) is 0 Å². The summed E-state index contributed by atoms with van der Waals surface area (Å²) in [5.74, 6) is -0.895. The number of nitrogens with zero attached hydrogens (tertiary/aromatic N) is 5. The Morgan fingerprint density at radius 3 is 2.74 bits per heavy atom. The number of piperazine rings is 1. The number of aryl methyl sites for hydroxylation is 1. The van der Waals surface area contributed by atoms with E-state index in [-0.39, 0.29) is 11.5 Å². The van der Waals surface area contributed by atoms with Crippen LogP contribution in [-0.2, 0) is 7.05 Å². The van der Waals surface area contributed by atoms with E-state index in [0.29, 0.717) is 40.8 Å². The molecule has 2 atom stereocenters. The van der Waals surface area contributed by atoms with Gasteiger partial charge in [0.15, 0.2) is 5.82 Å². The second-order valence-corrected chi connectivity index (χ2v) is 9.01. The lowest BCUT2D eigenvalue weighted by atomic mass is 10.0. The van der Waals surface area contributed by atoms with E-state index in [2.05, 4.69) is 44.4 Å². The Bertz CT molecular complexity index is 1410. The number of amides is 1. The highest BCUT2D eigenvalue weighted by molar-refractivity contribution is 6.14. The highest BCUT2D eigenvalue weighted by Gasteiger charge is 2.25. The molecule has 2 aromatic carbocycles. The first-order valence-corrected chi connectivity index (χ1v) is 11.7. The Balaban J connectivity index is 1.55. The molecule has 4 aromatic rings. The number of benzene rings is 2. The number of fused-ring (bicyclic) bond motifs is 2. The molecule has 1 fully saturated rings. The molecule has 2 aromatic heterocycles. The van der Waals surface area contributed by atoms with Gasteiger partial charge in [0.1, 0.15) is 5.52 Å². The van der Waals surface area contributed by atoms with E-state index in [1.807, 2.05) is 13.0 Å². The smallest absolute Gasteiger partial charge is 0.316 e.